The lowest BCUT2D eigenvalue weighted by atomic mass is 10.1. The van der Waals surface area contributed by atoms with Crippen molar-refractivity contribution in [1.29, 1.82) is 0 Å². The minimum Gasteiger partial charge on any atom is -0.508 e. The van der Waals surface area contributed by atoms with Gasteiger partial charge in [-0.1, -0.05) is 6.07 Å². The van der Waals surface area contributed by atoms with Crippen LogP contribution in [0, 0.1) is 12.7 Å². The largest absolute Gasteiger partial charge is 0.508 e. The molecule has 0 fully saturated rings. The third-order valence-corrected chi connectivity index (χ3v) is 2.92. The van der Waals surface area contributed by atoms with Crippen molar-refractivity contribution in [1.82, 2.24) is 0 Å². The van der Waals surface area contributed by atoms with Gasteiger partial charge in [0.05, 0.1) is 11.3 Å². The summed E-state index contributed by atoms with van der Waals surface area (Å²) in [5.74, 6) is -2.68. The first-order chi connectivity index (χ1) is 9.88. The molecule has 0 atom stereocenters. The summed E-state index contributed by atoms with van der Waals surface area (Å²) < 4.78 is 13.4. The fourth-order valence-corrected chi connectivity index (χ4v) is 1.75. The van der Waals surface area contributed by atoms with Crippen LogP contribution in [0.3, 0.4) is 0 Å². The van der Waals surface area contributed by atoms with Crippen molar-refractivity contribution in [3.63, 3.8) is 0 Å². The van der Waals surface area contributed by atoms with Gasteiger partial charge in [-0.3, -0.25) is 4.79 Å². The Hall–Kier alpha value is -2.89. The van der Waals surface area contributed by atoms with Crippen LogP contribution >= 0.6 is 0 Å². The summed E-state index contributed by atoms with van der Waals surface area (Å²) in [7, 11) is 0. The Bertz CT molecular complexity index is 728. The molecule has 2 rings (SSSR count). The molecule has 3 N–H and O–H groups in total. The fraction of sp³-hybridized carbons (Fsp3) is 0.0667. The number of rotatable bonds is 3. The molecule has 1 amide bonds. The number of hydrogen-bond donors (Lipinski definition) is 3. The van der Waals surface area contributed by atoms with Gasteiger partial charge in [-0.2, -0.15) is 0 Å². The van der Waals surface area contributed by atoms with E-state index in [0.717, 1.165) is 12.1 Å². The molecule has 0 saturated heterocycles. The van der Waals surface area contributed by atoms with Crippen LogP contribution in [0.2, 0.25) is 0 Å². The summed E-state index contributed by atoms with van der Waals surface area (Å²) in [6, 6.07) is 7.51. The Morgan fingerprint density at radius 2 is 1.86 bits per heavy atom. The van der Waals surface area contributed by atoms with Crippen LogP contribution in [0.5, 0.6) is 5.75 Å². The lowest BCUT2D eigenvalue weighted by Crippen LogP contribution is -2.15. The summed E-state index contributed by atoms with van der Waals surface area (Å²) >= 11 is 0. The maximum atomic E-state index is 13.4. The van der Waals surface area contributed by atoms with Gasteiger partial charge in [0.1, 0.15) is 11.6 Å². The SMILES string of the molecule is Cc1ccc(C(=O)Nc2ccc(O)cc2C(=O)O)cc1F. The number of aryl methyl sites for hydroxylation is 1. The van der Waals surface area contributed by atoms with E-state index in [1.807, 2.05) is 0 Å². The fourth-order valence-electron chi connectivity index (χ4n) is 1.75. The number of phenolic OH excluding ortho intramolecular Hbond substituents is 1. The molecule has 2 aromatic rings. The Morgan fingerprint density at radius 3 is 2.48 bits per heavy atom. The van der Waals surface area contributed by atoms with Gasteiger partial charge >= 0.3 is 5.97 Å². The number of aromatic hydroxyl groups is 1. The Balaban J connectivity index is 2.31. The predicted molar refractivity (Wildman–Crippen MR) is 74.2 cm³/mol. The van der Waals surface area contributed by atoms with Crippen molar-refractivity contribution in [2.24, 2.45) is 0 Å². The van der Waals surface area contributed by atoms with Crippen molar-refractivity contribution in [3.8, 4) is 5.75 Å². The molecule has 6 heteroatoms. The van der Waals surface area contributed by atoms with E-state index in [0.29, 0.717) is 5.56 Å². The molecule has 0 aliphatic heterocycles. The molecule has 21 heavy (non-hydrogen) atoms. The molecule has 0 aliphatic rings. The zero-order chi connectivity index (χ0) is 15.6. The first-order valence-corrected chi connectivity index (χ1v) is 6.02. The number of carboxylic acids is 1. The predicted octanol–water partition coefficient (Wildman–Crippen LogP) is 2.79. The van der Waals surface area contributed by atoms with E-state index >= 15 is 0 Å². The highest BCUT2D eigenvalue weighted by atomic mass is 19.1. The molecule has 0 radical (unpaired) electrons. The minimum atomic E-state index is -1.30. The third kappa shape index (κ3) is 3.17. The molecule has 5 nitrogen and oxygen atoms in total. The quantitative estimate of drug-likeness (QED) is 0.758. The van der Waals surface area contributed by atoms with E-state index in [1.54, 1.807) is 6.92 Å². The Labute approximate surface area is 119 Å². The van der Waals surface area contributed by atoms with Crippen molar-refractivity contribution in [2.45, 2.75) is 6.92 Å². The molecule has 0 saturated carbocycles. The second-order valence-corrected chi connectivity index (χ2v) is 4.45. The normalized spacial score (nSPS) is 10.2. The highest BCUT2D eigenvalue weighted by molar-refractivity contribution is 6.07. The number of hydrogen-bond acceptors (Lipinski definition) is 3. The molecule has 108 valence electrons. The molecule has 0 heterocycles. The maximum absolute atomic E-state index is 13.4. The summed E-state index contributed by atoms with van der Waals surface area (Å²) in [6.45, 7) is 1.57. The minimum absolute atomic E-state index is 0.0197. The van der Waals surface area contributed by atoms with Gasteiger partial charge in [-0.25, -0.2) is 9.18 Å². The van der Waals surface area contributed by atoms with Crippen LogP contribution in [0.15, 0.2) is 36.4 Å². The van der Waals surface area contributed by atoms with Gasteiger partial charge in [0.25, 0.3) is 5.91 Å². The Kier molecular flexibility index (Phi) is 3.89. The number of nitrogens with one attached hydrogen (secondary N) is 1. The number of carbonyl (C=O) groups is 2. The van der Waals surface area contributed by atoms with Gasteiger partial charge in [-0.05, 0) is 42.8 Å². The Morgan fingerprint density at radius 1 is 1.14 bits per heavy atom. The van der Waals surface area contributed by atoms with Crippen LogP contribution in [0.1, 0.15) is 26.3 Å². The average Bonchev–Trinajstić information content (AvgIpc) is 2.43. The number of aromatic carboxylic acids is 1. The number of benzene rings is 2. The second kappa shape index (κ2) is 5.62. The van der Waals surface area contributed by atoms with Gasteiger partial charge < -0.3 is 15.5 Å². The zero-order valence-corrected chi connectivity index (χ0v) is 11.1. The molecule has 0 bridgehead atoms. The smallest absolute Gasteiger partial charge is 0.337 e. The van der Waals surface area contributed by atoms with Gasteiger partial charge in [0.15, 0.2) is 0 Å². The number of halogens is 1. The lowest BCUT2D eigenvalue weighted by molar-refractivity contribution is 0.0697. The summed E-state index contributed by atoms with van der Waals surface area (Å²) in [5, 5.41) is 20.7. The number of amides is 1. The van der Waals surface area contributed by atoms with E-state index in [4.69, 9.17) is 5.11 Å². The third-order valence-electron chi connectivity index (χ3n) is 2.92. The van der Waals surface area contributed by atoms with E-state index in [1.165, 1.54) is 24.3 Å². The lowest BCUT2D eigenvalue weighted by Gasteiger charge is -2.09. The van der Waals surface area contributed by atoms with Gasteiger partial charge in [-0.15, -0.1) is 0 Å². The van der Waals surface area contributed by atoms with Crippen LogP contribution in [-0.2, 0) is 0 Å². The van der Waals surface area contributed by atoms with Crippen molar-refractivity contribution < 1.29 is 24.2 Å². The van der Waals surface area contributed by atoms with Gasteiger partial charge in [0.2, 0.25) is 0 Å². The van der Waals surface area contributed by atoms with Crippen LogP contribution in [0.4, 0.5) is 10.1 Å². The molecule has 0 spiro atoms. The summed E-state index contributed by atoms with van der Waals surface area (Å²) in [6.07, 6.45) is 0. The highest BCUT2D eigenvalue weighted by Crippen LogP contribution is 2.22. The number of anilines is 1. The van der Waals surface area contributed by atoms with E-state index in [9.17, 15) is 19.1 Å². The standard InChI is InChI=1S/C15H12FNO4/c1-8-2-3-9(6-12(8)16)14(19)17-13-5-4-10(18)7-11(13)15(20)21/h2-7,18H,1H3,(H,17,19)(H,20,21). The topological polar surface area (TPSA) is 86.6 Å². The van der Waals surface area contributed by atoms with E-state index in [-0.39, 0.29) is 22.6 Å². The van der Waals surface area contributed by atoms with Crippen LogP contribution < -0.4 is 5.32 Å². The molecule has 0 aliphatic carbocycles. The molecular weight excluding hydrogens is 277 g/mol. The van der Waals surface area contributed by atoms with Crippen molar-refractivity contribution in [3.05, 3.63) is 58.9 Å². The first kappa shape index (κ1) is 14.5. The van der Waals surface area contributed by atoms with E-state index in [2.05, 4.69) is 5.32 Å². The molecular formula is C15H12FNO4. The molecule has 2 aromatic carbocycles. The number of carboxylic acid groups (broad SMARTS) is 1. The molecule has 0 aromatic heterocycles. The number of carbonyl (C=O) groups excluding carboxylic acids is 1. The number of phenols is 1. The molecule has 0 unspecified atom stereocenters. The highest BCUT2D eigenvalue weighted by Gasteiger charge is 2.15. The van der Waals surface area contributed by atoms with Crippen LogP contribution in [-0.4, -0.2) is 22.1 Å². The zero-order valence-electron chi connectivity index (χ0n) is 11.1. The van der Waals surface area contributed by atoms with Crippen LogP contribution in [0.25, 0.3) is 0 Å². The first-order valence-electron chi connectivity index (χ1n) is 6.02. The summed E-state index contributed by atoms with van der Waals surface area (Å²) in [4.78, 5) is 23.1. The van der Waals surface area contributed by atoms with Crippen molar-refractivity contribution in [2.75, 3.05) is 5.32 Å². The maximum Gasteiger partial charge on any atom is 0.337 e. The van der Waals surface area contributed by atoms with Gasteiger partial charge in [0, 0.05) is 5.56 Å². The average molecular weight is 289 g/mol. The monoisotopic (exact) mass is 289 g/mol. The second-order valence-electron chi connectivity index (χ2n) is 4.45. The summed E-state index contributed by atoms with van der Waals surface area (Å²) in [5.41, 5.74) is 0.243. The van der Waals surface area contributed by atoms with E-state index < -0.39 is 17.7 Å². The van der Waals surface area contributed by atoms with Crippen molar-refractivity contribution >= 4 is 17.6 Å².